The molecule has 1 aromatic carbocycles. The highest BCUT2D eigenvalue weighted by Crippen LogP contribution is 2.24. The van der Waals surface area contributed by atoms with Crippen LogP contribution in [0.1, 0.15) is 13.8 Å². The number of aromatic nitrogens is 3. The van der Waals surface area contributed by atoms with Crippen LogP contribution in [0.3, 0.4) is 0 Å². The average molecular weight is 295 g/mol. The van der Waals surface area contributed by atoms with Gasteiger partial charge in [-0.3, -0.25) is 4.98 Å². The lowest BCUT2D eigenvalue weighted by molar-refractivity contribution is 0.271. The molecule has 112 valence electrons. The molecule has 0 saturated carbocycles. The first kappa shape index (κ1) is 14.3. The molecule has 0 spiro atoms. The largest absolute Gasteiger partial charge is 0.493 e. The van der Waals surface area contributed by atoms with Crippen LogP contribution in [0.2, 0.25) is 0 Å². The Morgan fingerprint density at radius 2 is 1.73 bits per heavy atom. The average Bonchev–Trinajstić information content (AvgIpc) is 3.04. The molecule has 3 aromatic rings. The molecule has 0 aliphatic heterocycles. The number of rotatable bonds is 5. The molecule has 2 aromatic heterocycles. The van der Waals surface area contributed by atoms with Crippen LogP contribution in [0.15, 0.2) is 53.3 Å². The van der Waals surface area contributed by atoms with Crippen molar-refractivity contribution in [3.8, 4) is 28.6 Å². The predicted molar refractivity (Wildman–Crippen MR) is 83.3 cm³/mol. The molecule has 0 unspecified atom stereocenters. The number of ether oxygens (including phenoxy) is 1. The van der Waals surface area contributed by atoms with Crippen molar-refractivity contribution < 1.29 is 9.26 Å². The Hall–Kier alpha value is -2.69. The molecular formula is C17H17N3O2. The van der Waals surface area contributed by atoms with Crippen LogP contribution in [-0.4, -0.2) is 21.7 Å². The fraction of sp³-hybridized carbons (Fsp3) is 0.235. The molecule has 0 aliphatic carbocycles. The van der Waals surface area contributed by atoms with Crippen molar-refractivity contribution in [1.29, 1.82) is 0 Å². The van der Waals surface area contributed by atoms with Crippen molar-refractivity contribution in [1.82, 2.24) is 15.1 Å². The number of pyridine rings is 1. The monoisotopic (exact) mass is 295 g/mol. The number of hydrogen-bond donors (Lipinski definition) is 0. The number of benzene rings is 1. The van der Waals surface area contributed by atoms with Gasteiger partial charge in [0.05, 0.1) is 6.61 Å². The van der Waals surface area contributed by atoms with E-state index in [0.29, 0.717) is 24.2 Å². The van der Waals surface area contributed by atoms with Crippen molar-refractivity contribution >= 4 is 0 Å². The van der Waals surface area contributed by atoms with Crippen molar-refractivity contribution in [3.05, 3.63) is 48.8 Å². The quantitative estimate of drug-likeness (QED) is 0.715. The highest BCUT2D eigenvalue weighted by atomic mass is 16.5. The van der Waals surface area contributed by atoms with E-state index in [0.717, 1.165) is 16.9 Å². The zero-order valence-electron chi connectivity index (χ0n) is 12.6. The summed E-state index contributed by atoms with van der Waals surface area (Å²) >= 11 is 0. The Bertz CT molecular complexity index is 721. The summed E-state index contributed by atoms with van der Waals surface area (Å²) in [5, 5.41) is 4.00. The summed E-state index contributed by atoms with van der Waals surface area (Å²) in [5.41, 5.74) is 1.74. The van der Waals surface area contributed by atoms with Crippen LogP contribution in [0, 0.1) is 5.92 Å². The Labute approximate surface area is 129 Å². The molecule has 0 amide bonds. The molecule has 5 heteroatoms. The summed E-state index contributed by atoms with van der Waals surface area (Å²) in [4.78, 5) is 8.38. The normalized spacial score (nSPS) is 10.9. The van der Waals surface area contributed by atoms with Gasteiger partial charge in [-0.25, -0.2) is 0 Å². The van der Waals surface area contributed by atoms with Crippen LogP contribution < -0.4 is 4.74 Å². The van der Waals surface area contributed by atoms with Gasteiger partial charge >= 0.3 is 0 Å². The maximum atomic E-state index is 5.66. The first-order valence-corrected chi connectivity index (χ1v) is 7.20. The highest BCUT2D eigenvalue weighted by molar-refractivity contribution is 5.59. The van der Waals surface area contributed by atoms with Gasteiger partial charge in [0.2, 0.25) is 5.82 Å². The van der Waals surface area contributed by atoms with Crippen LogP contribution in [0.5, 0.6) is 5.75 Å². The zero-order valence-corrected chi connectivity index (χ0v) is 12.6. The zero-order chi connectivity index (χ0) is 15.4. The fourth-order valence-electron chi connectivity index (χ4n) is 1.92. The topological polar surface area (TPSA) is 61.0 Å². The van der Waals surface area contributed by atoms with Crippen LogP contribution in [0.4, 0.5) is 0 Å². The standard InChI is InChI=1S/C17H17N3O2/c1-12(2)11-21-15-5-3-14(4-6-15)17-19-16(20-22-17)13-7-9-18-10-8-13/h3-10,12H,11H2,1-2H3. The first-order valence-electron chi connectivity index (χ1n) is 7.20. The third kappa shape index (κ3) is 3.31. The van der Waals surface area contributed by atoms with Crippen LogP contribution in [-0.2, 0) is 0 Å². The minimum atomic E-state index is 0.488. The van der Waals surface area contributed by atoms with E-state index in [-0.39, 0.29) is 0 Å². The van der Waals surface area contributed by atoms with Crippen molar-refractivity contribution in [2.75, 3.05) is 6.61 Å². The second kappa shape index (κ2) is 6.39. The van der Waals surface area contributed by atoms with Gasteiger partial charge in [0.1, 0.15) is 5.75 Å². The second-order valence-electron chi connectivity index (χ2n) is 5.39. The summed E-state index contributed by atoms with van der Waals surface area (Å²) in [6.07, 6.45) is 3.40. The Balaban J connectivity index is 1.76. The lowest BCUT2D eigenvalue weighted by Crippen LogP contribution is -2.04. The maximum Gasteiger partial charge on any atom is 0.258 e. The molecule has 3 rings (SSSR count). The summed E-state index contributed by atoms with van der Waals surface area (Å²) in [6, 6.07) is 11.3. The van der Waals surface area contributed by atoms with Gasteiger partial charge in [-0.2, -0.15) is 4.98 Å². The molecule has 0 aliphatic rings. The van der Waals surface area contributed by atoms with Gasteiger partial charge in [-0.05, 0) is 42.3 Å². The highest BCUT2D eigenvalue weighted by Gasteiger charge is 2.10. The number of hydrogen-bond acceptors (Lipinski definition) is 5. The van der Waals surface area contributed by atoms with Crippen LogP contribution >= 0.6 is 0 Å². The van der Waals surface area contributed by atoms with Gasteiger partial charge < -0.3 is 9.26 Å². The molecular weight excluding hydrogens is 278 g/mol. The van der Waals surface area contributed by atoms with E-state index in [1.807, 2.05) is 36.4 Å². The van der Waals surface area contributed by atoms with Gasteiger partial charge in [0, 0.05) is 23.5 Å². The minimum absolute atomic E-state index is 0.488. The van der Waals surface area contributed by atoms with E-state index in [2.05, 4.69) is 29.0 Å². The van der Waals surface area contributed by atoms with E-state index in [4.69, 9.17) is 9.26 Å². The lowest BCUT2D eigenvalue weighted by atomic mass is 10.2. The van der Waals surface area contributed by atoms with Gasteiger partial charge in [-0.15, -0.1) is 0 Å². The lowest BCUT2D eigenvalue weighted by Gasteiger charge is -2.08. The smallest absolute Gasteiger partial charge is 0.258 e. The molecule has 22 heavy (non-hydrogen) atoms. The predicted octanol–water partition coefficient (Wildman–Crippen LogP) is 3.83. The van der Waals surface area contributed by atoms with Gasteiger partial charge in [0.25, 0.3) is 5.89 Å². The molecule has 2 heterocycles. The third-order valence-electron chi connectivity index (χ3n) is 3.05. The summed E-state index contributed by atoms with van der Waals surface area (Å²) < 4.78 is 11.0. The Kier molecular flexibility index (Phi) is 4.14. The SMILES string of the molecule is CC(C)COc1ccc(-c2nc(-c3ccncc3)no2)cc1. The minimum Gasteiger partial charge on any atom is -0.493 e. The van der Waals surface area contributed by atoms with E-state index in [1.165, 1.54) is 0 Å². The van der Waals surface area contributed by atoms with E-state index < -0.39 is 0 Å². The molecule has 0 saturated heterocycles. The Morgan fingerprint density at radius 3 is 2.41 bits per heavy atom. The summed E-state index contributed by atoms with van der Waals surface area (Å²) in [7, 11) is 0. The molecule has 0 N–H and O–H groups in total. The van der Waals surface area contributed by atoms with Gasteiger partial charge in [0.15, 0.2) is 0 Å². The molecule has 0 radical (unpaired) electrons. The first-order chi connectivity index (χ1) is 10.7. The molecule has 0 fully saturated rings. The van der Waals surface area contributed by atoms with E-state index in [9.17, 15) is 0 Å². The second-order valence-corrected chi connectivity index (χ2v) is 5.39. The summed E-state index contributed by atoms with van der Waals surface area (Å²) in [5.74, 6) is 2.38. The van der Waals surface area contributed by atoms with E-state index >= 15 is 0 Å². The fourth-order valence-corrected chi connectivity index (χ4v) is 1.92. The van der Waals surface area contributed by atoms with Crippen LogP contribution in [0.25, 0.3) is 22.8 Å². The van der Waals surface area contributed by atoms with Crippen molar-refractivity contribution in [2.45, 2.75) is 13.8 Å². The Morgan fingerprint density at radius 1 is 1.00 bits per heavy atom. The molecule has 5 nitrogen and oxygen atoms in total. The van der Waals surface area contributed by atoms with Crippen molar-refractivity contribution in [2.24, 2.45) is 5.92 Å². The number of nitrogens with zero attached hydrogens (tertiary/aromatic N) is 3. The molecule has 0 bridgehead atoms. The molecule has 0 atom stereocenters. The van der Waals surface area contributed by atoms with Crippen molar-refractivity contribution in [3.63, 3.8) is 0 Å². The maximum absolute atomic E-state index is 5.66. The summed E-state index contributed by atoms with van der Waals surface area (Å²) in [6.45, 7) is 4.94. The van der Waals surface area contributed by atoms with Gasteiger partial charge in [-0.1, -0.05) is 19.0 Å². The third-order valence-corrected chi connectivity index (χ3v) is 3.05. The van der Waals surface area contributed by atoms with E-state index in [1.54, 1.807) is 12.4 Å².